The van der Waals surface area contributed by atoms with Gasteiger partial charge >= 0.3 is 12.1 Å². The quantitative estimate of drug-likeness (QED) is 0.255. The number of halogens is 6. The van der Waals surface area contributed by atoms with Gasteiger partial charge in [-0.2, -0.15) is 22.0 Å². The summed E-state index contributed by atoms with van der Waals surface area (Å²) in [7, 11) is 1.37. The molecule has 1 aromatic heterocycles. The second-order valence-electron chi connectivity index (χ2n) is 9.03. The lowest BCUT2D eigenvalue weighted by Crippen LogP contribution is -2.41. The van der Waals surface area contributed by atoms with Crippen LogP contribution in [0.5, 0.6) is 5.75 Å². The van der Waals surface area contributed by atoms with Crippen LogP contribution in [0.1, 0.15) is 49.3 Å². The number of nitrogens with zero attached hydrogens (tertiary/aromatic N) is 2. The van der Waals surface area contributed by atoms with Gasteiger partial charge in [0.1, 0.15) is 35.4 Å². The van der Waals surface area contributed by atoms with Crippen LogP contribution in [-0.4, -0.2) is 41.0 Å². The van der Waals surface area contributed by atoms with Gasteiger partial charge in [-0.25, -0.2) is 14.4 Å². The zero-order chi connectivity index (χ0) is 27.8. The van der Waals surface area contributed by atoms with E-state index in [-0.39, 0.29) is 41.3 Å². The number of aliphatic hydroxyl groups is 1. The number of hydrogen-bond acceptors (Lipinski definition) is 6. The van der Waals surface area contributed by atoms with Crippen molar-refractivity contribution in [3.05, 3.63) is 58.7 Å². The molecule has 0 aliphatic carbocycles. The summed E-state index contributed by atoms with van der Waals surface area (Å²) in [6, 6.07) is 4.40. The van der Waals surface area contributed by atoms with Crippen LogP contribution in [0.2, 0.25) is 0 Å². The summed E-state index contributed by atoms with van der Waals surface area (Å²) in [6.07, 6.45) is -4.73. The summed E-state index contributed by atoms with van der Waals surface area (Å²) in [4.78, 5) is 8.33. The van der Waals surface area contributed by atoms with E-state index in [4.69, 9.17) is 9.47 Å². The summed E-state index contributed by atoms with van der Waals surface area (Å²) in [5.74, 6) is -5.41. The van der Waals surface area contributed by atoms with Gasteiger partial charge in [0.05, 0.1) is 29.3 Å². The molecular weight excluding hydrogens is 504 g/mol. The number of aryl methyl sites for hydroxylation is 1. The van der Waals surface area contributed by atoms with Crippen molar-refractivity contribution in [1.82, 2.24) is 9.97 Å². The maximum atomic E-state index is 15.2. The third kappa shape index (κ3) is 5.90. The molecule has 0 saturated heterocycles. The molecule has 0 aliphatic rings. The van der Waals surface area contributed by atoms with Crippen molar-refractivity contribution in [3.63, 3.8) is 0 Å². The predicted octanol–water partition coefficient (Wildman–Crippen LogP) is 6.16. The Morgan fingerprint density at radius 2 is 1.70 bits per heavy atom. The fourth-order valence-electron chi connectivity index (χ4n) is 3.70. The first-order valence-corrected chi connectivity index (χ1v) is 11.2. The highest BCUT2D eigenvalue weighted by Crippen LogP contribution is 2.42. The van der Waals surface area contributed by atoms with Crippen molar-refractivity contribution in [1.29, 1.82) is 0 Å². The van der Waals surface area contributed by atoms with Crippen LogP contribution in [-0.2, 0) is 16.8 Å². The Morgan fingerprint density at radius 3 is 2.30 bits per heavy atom. The van der Waals surface area contributed by atoms with E-state index in [1.807, 2.05) is 0 Å². The van der Waals surface area contributed by atoms with Crippen LogP contribution < -0.4 is 10.1 Å². The number of aromatic nitrogens is 2. The van der Waals surface area contributed by atoms with Gasteiger partial charge < -0.3 is 19.9 Å². The number of rotatable bonds is 9. The average Bonchev–Trinajstić information content (AvgIpc) is 2.77. The Kier molecular flexibility index (Phi) is 7.94. The molecule has 0 amide bonds. The minimum Gasteiger partial charge on any atom is -0.491 e. The highest BCUT2D eigenvalue weighted by Gasteiger charge is 2.49. The molecule has 0 bridgehead atoms. The lowest BCUT2D eigenvalue weighted by Gasteiger charge is -2.30. The van der Waals surface area contributed by atoms with Crippen LogP contribution in [0, 0.1) is 12.7 Å². The van der Waals surface area contributed by atoms with Gasteiger partial charge in [-0.15, -0.1) is 0 Å². The van der Waals surface area contributed by atoms with E-state index >= 15 is 4.39 Å². The van der Waals surface area contributed by atoms with E-state index in [2.05, 4.69) is 15.3 Å². The second-order valence-corrected chi connectivity index (χ2v) is 9.03. The minimum absolute atomic E-state index is 0.0450. The van der Waals surface area contributed by atoms with Gasteiger partial charge in [-0.05, 0) is 45.9 Å². The Balaban J connectivity index is 2.08. The van der Waals surface area contributed by atoms with Crippen molar-refractivity contribution in [2.45, 2.75) is 51.4 Å². The molecule has 0 unspecified atom stereocenters. The molecule has 0 aliphatic heterocycles. The van der Waals surface area contributed by atoms with Gasteiger partial charge in [-0.3, -0.25) is 0 Å². The maximum absolute atomic E-state index is 15.2. The number of nitrogens with one attached hydrogen (secondary N) is 1. The first-order valence-electron chi connectivity index (χ1n) is 11.2. The molecule has 2 aromatic carbocycles. The highest BCUT2D eigenvalue weighted by molar-refractivity contribution is 5.91. The third-order valence-electron chi connectivity index (χ3n) is 5.71. The summed E-state index contributed by atoms with van der Waals surface area (Å²) in [5, 5.41) is 12.9. The van der Waals surface area contributed by atoms with Crippen LogP contribution >= 0.6 is 0 Å². The summed E-state index contributed by atoms with van der Waals surface area (Å²) >= 11 is 0. The number of anilines is 1. The van der Waals surface area contributed by atoms with Crippen molar-refractivity contribution >= 4 is 16.7 Å². The molecule has 2 N–H and O–H groups in total. The van der Waals surface area contributed by atoms with Crippen molar-refractivity contribution in [3.8, 4) is 5.75 Å². The summed E-state index contributed by atoms with van der Waals surface area (Å²) in [5.41, 5.74) is -4.76. The van der Waals surface area contributed by atoms with Crippen LogP contribution in [0.4, 0.5) is 32.2 Å². The fourth-order valence-corrected chi connectivity index (χ4v) is 3.70. The first-order chi connectivity index (χ1) is 17.1. The van der Waals surface area contributed by atoms with Crippen molar-refractivity contribution in [2.75, 3.05) is 25.6 Å². The molecule has 1 heterocycles. The van der Waals surface area contributed by atoms with E-state index in [0.717, 1.165) is 32.0 Å². The summed E-state index contributed by atoms with van der Waals surface area (Å²) < 4.78 is 95.9. The lowest BCUT2D eigenvalue weighted by atomic mass is 9.91. The molecule has 3 aromatic rings. The normalized spacial score (nSPS) is 13.6. The SMILES string of the molecule is COCCOc1cc2c(N[C@H](C)c3cccc(C(F)(F)C(C)(C)O)c3F)nc(C)nc2cc1C(F)(F)F. The number of methoxy groups -OCH3 is 1. The molecule has 12 heteroatoms. The number of alkyl halides is 5. The van der Waals surface area contributed by atoms with Gasteiger partial charge in [-0.1, -0.05) is 12.1 Å². The first kappa shape index (κ1) is 28.5. The summed E-state index contributed by atoms with van der Waals surface area (Å²) in [6.45, 7) is 4.60. The van der Waals surface area contributed by atoms with Gasteiger partial charge in [0.15, 0.2) is 0 Å². The molecule has 6 nitrogen and oxygen atoms in total. The minimum atomic E-state index is -4.73. The molecule has 0 radical (unpaired) electrons. The standard InChI is InChI=1S/C25H27F6N3O3/c1-13(15-7-6-8-17(21(15)26)24(27,28)23(3,4)35)32-22-16-11-20(37-10-9-36-5)18(25(29,30)31)12-19(16)33-14(2)34-22/h6-8,11-13,35H,9-10H2,1-5H3,(H,32,33,34)/t13-/m1/s1. The Labute approximate surface area is 209 Å². The number of benzene rings is 2. The fraction of sp³-hybridized carbons (Fsp3) is 0.440. The smallest absolute Gasteiger partial charge is 0.420 e. The largest absolute Gasteiger partial charge is 0.491 e. The van der Waals surface area contributed by atoms with E-state index < -0.39 is 46.4 Å². The van der Waals surface area contributed by atoms with Crippen molar-refractivity contribution in [2.24, 2.45) is 0 Å². The Morgan fingerprint density at radius 1 is 1.03 bits per heavy atom. The Hall–Kier alpha value is -3.12. The van der Waals surface area contributed by atoms with Crippen LogP contribution in [0.15, 0.2) is 30.3 Å². The molecule has 0 spiro atoms. The molecule has 202 valence electrons. The van der Waals surface area contributed by atoms with Crippen molar-refractivity contribution < 1.29 is 40.9 Å². The van der Waals surface area contributed by atoms with E-state index in [1.54, 1.807) is 0 Å². The molecule has 0 fully saturated rings. The maximum Gasteiger partial charge on any atom is 0.420 e. The number of fused-ring (bicyclic) bond motifs is 1. The highest BCUT2D eigenvalue weighted by atomic mass is 19.4. The van der Waals surface area contributed by atoms with Crippen LogP contribution in [0.25, 0.3) is 10.9 Å². The predicted molar refractivity (Wildman–Crippen MR) is 125 cm³/mol. The van der Waals surface area contributed by atoms with E-state index in [0.29, 0.717) is 0 Å². The molecule has 37 heavy (non-hydrogen) atoms. The molecule has 3 rings (SSSR count). The van der Waals surface area contributed by atoms with Gasteiger partial charge in [0.25, 0.3) is 0 Å². The average molecular weight is 531 g/mol. The molecule has 0 saturated carbocycles. The van der Waals surface area contributed by atoms with Gasteiger partial charge in [0.2, 0.25) is 0 Å². The topological polar surface area (TPSA) is 76.5 Å². The number of hydrogen-bond donors (Lipinski definition) is 2. The second kappa shape index (κ2) is 10.3. The molecule has 1 atom stereocenters. The van der Waals surface area contributed by atoms with Gasteiger partial charge in [0, 0.05) is 18.1 Å². The lowest BCUT2D eigenvalue weighted by molar-refractivity contribution is -0.170. The van der Waals surface area contributed by atoms with E-state index in [9.17, 15) is 27.1 Å². The zero-order valence-electron chi connectivity index (χ0n) is 20.8. The number of ether oxygens (including phenoxy) is 2. The molecular formula is C25H27F6N3O3. The van der Waals surface area contributed by atoms with Crippen LogP contribution in [0.3, 0.4) is 0 Å². The monoisotopic (exact) mass is 531 g/mol. The zero-order valence-corrected chi connectivity index (χ0v) is 20.8. The third-order valence-corrected chi connectivity index (χ3v) is 5.71. The Bertz CT molecular complexity index is 1280. The van der Waals surface area contributed by atoms with E-state index in [1.165, 1.54) is 33.1 Å².